The van der Waals surface area contributed by atoms with E-state index in [-0.39, 0.29) is 16.9 Å². The van der Waals surface area contributed by atoms with E-state index in [0.29, 0.717) is 11.9 Å². The molecule has 112 valence electrons. The molecule has 1 N–H and O–H groups in total. The molecular weight excluding hydrogens is 308 g/mol. The lowest BCUT2D eigenvalue weighted by Gasteiger charge is -2.26. The summed E-state index contributed by atoms with van der Waals surface area (Å²) in [6.45, 7) is 0.220. The van der Waals surface area contributed by atoms with Crippen LogP contribution in [0.3, 0.4) is 0 Å². The summed E-state index contributed by atoms with van der Waals surface area (Å²) >= 11 is 5.94. The Balaban J connectivity index is 2.13. The Bertz CT molecular complexity index is 586. The smallest absolute Gasteiger partial charge is 0.211 e. The molecule has 3 nitrogen and oxygen atoms in total. The third kappa shape index (κ3) is 3.30. The maximum Gasteiger partial charge on any atom is 0.240 e. The molecule has 2 rings (SSSR count). The van der Waals surface area contributed by atoms with Gasteiger partial charge in [-0.2, -0.15) is 0 Å². The largest absolute Gasteiger partial charge is 0.240 e. The SMILES string of the molecule is O=S(=O)(NCC1(CCl)CCCC1)c1ccc(F)c(F)c1. The summed E-state index contributed by atoms with van der Waals surface area (Å²) in [5, 5.41) is 0. The van der Waals surface area contributed by atoms with Gasteiger partial charge in [-0.05, 0) is 36.5 Å². The standard InChI is InChI=1S/C13H16ClF2NO2S/c14-8-13(5-1-2-6-13)9-17-20(18,19)10-3-4-11(15)12(16)7-10/h3-4,7,17H,1-2,5-6,8-9H2. The number of sulfonamides is 1. The minimum absolute atomic E-state index is 0.220. The number of hydrogen-bond donors (Lipinski definition) is 1. The highest BCUT2D eigenvalue weighted by Crippen LogP contribution is 2.38. The zero-order chi connectivity index (χ0) is 14.8. The first-order valence-corrected chi connectivity index (χ1v) is 8.41. The third-order valence-electron chi connectivity index (χ3n) is 3.79. The molecule has 20 heavy (non-hydrogen) atoms. The van der Waals surface area contributed by atoms with Gasteiger partial charge in [0, 0.05) is 12.4 Å². The van der Waals surface area contributed by atoms with Gasteiger partial charge in [-0.1, -0.05) is 12.8 Å². The van der Waals surface area contributed by atoms with E-state index in [1.807, 2.05) is 0 Å². The van der Waals surface area contributed by atoms with E-state index in [4.69, 9.17) is 11.6 Å². The summed E-state index contributed by atoms with van der Waals surface area (Å²) in [6.07, 6.45) is 3.80. The quantitative estimate of drug-likeness (QED) is 0.847. The Morgan fingerprint density at radius 2 is 1.85 bits per heavy atom. The van der Waals surface area contributed by atoms with Gasteiger partial charge in [0.15, 0.2) is 11.6 Å². The molecule has 0 bridgehead atoms. The van der Waals surface area contributed by atoms with Crippen molar-refractivity contribution in [2.24, 2.45) is 5.41 Å². The van der Waals surface area contributed by atoms with E-state index in [2.05, 4.69) is 4.72 Å². The van der Waals surface area contributed by atoms with Crippen molar-refractivity contribution in [1.29, 1.82) is 0 Å². The molecule has 0 saturated heterocycles. The second-order valence-corrected chi connectivity index (χ2v) is 7.28. The van der Waals surface area contributed by atoms with Gasteiger partial charge >= 0.3 is 0 Å². The summed E-state index contributed by atoms with van der Waals surface area (Å²) in [5.41, 5.74) is -0.229. The van der Waals surface area contributed by atoms with Gasteiger partial charge in [0.05, 0.1) is 4.90 Å². The first-order chi connectivity index (χ1) is 9.38. The molecule has 1 aromatic rings. The van der Waals surface area contributed by atoms with Crippen molar-refractivity contribution in [3.8, 4) is 0 Å². The first kappa shape index (κ1) is 15.7. The van der Waals surface area contributed by atoms with Gasteiger partial charge in [-0.3, -0.25) is 0 Å². The molecule has 7 heteroatoms. The van der Waals surface area contributed by atoms with Gasteiger partial charge in [0.25, 0.3) is 0 Å². The van der Waals surface area contributed by atoms with Crippen molar-refractivity contribution in [3.63, 3.8) is 0 Å². The Hall–Kier alpha value is -0.720. The lowest BCUT2D eigenvalue weighted by atomic mass is 9.89. The fourth-order valence-corrected chi connectivity index (χ4v) is 3.99. The van der Waals surface area contributed by atoms with Gasteiger partial charge in [-0.25, -0.2) is 21.9 Å². The van der Waals surface area contributed by atoms with E-state index in [1.54, 1.807) is 0 Å². The molecule has 0 aromatic heterocycles. The monoisotopic (exact) mass is 323 g/mol. The summed E-state index contributed by atoms with van der Waals surface area (Å²) in [5.74, 6) is -1.87. The summed E-state index contributed by atoms with van der Waals surface area (Å²) < 4.78 is 52.5. The minimum Gasteiger partial charge on any atom is -0.211 e. The lowest BCUT2D eigenvalue weighted by molar-refractivity contribution is 0.342. The zero-order valence-electron chi connectivity index (χ0n) is 10.8. The normalized spacial score (nSPS) is 18.4. The molecular formula is C13H16ClF2NO2S. The molecule has 1 aromatic carbocycles. The number of hydrogen-bond acceptors (Lipinski definition) is 2. The molecule has 0 spiro atoms. The fraction of sp³-hybridized carbons (Fsp3) is 0.538. The van der Waals surface area contributed by atoms with Gasteiger partial charge in [-0.15, -0.1) is 11.6 Å². The molecule has 0 radical (unpaired) electrons. The average Bonchev–Trinajstić information content (AvgIpc) is 2.89. The highest BCUT2D eigenvalue weighted by Gasteiger charge is 2.34. The molecule has 1 fully saturated rings. The molecule has 1 aliphatic carbocycles. The summed E-state index contributed by atoms with van der Waals surface area (Å²) in [6, 6.07) is 2.53. The van der Waals surface area contributed by atoms with Crippen LogP contribution in [0.25, 0.3) is 0 Å². The second-order valence-electron chi connectivity index (χ2n) is 5.24. The number of benzene rings is 1. The Morgan fingerprint density at radius 3 is 2.40 bits per heavy atom. The van der Waals surface area contributed by atoms with Crippen LogP contribution in [0.15, 0.2) is 23.1 Å². The van der Waals surface area contributed by atoms with E-state index in [0.717, 1.165) is 37.8 Å². The lowest BCUT2D eigenvalue weighted by Crippen LogP contribution is -2.37. The van der Waals surface area contributed by atoms with Crippen LogP contribution >= 0.6 is 11.6 Å². The van der Waals surface area contributed by atoms with Crippen molar-refractivity contribution in [1.82, 2.24) is 4.72 Å². The molecule has 0 atom stereocenters. The predicted octanol–water partition coefficient (Wildman–Crippen LogP) is 3.04. The molecule has 1 aliphatic rings. The fourth-order valence-electron chi connectivity index (χ4n) is 2.46. The molecule has 0 unspecified atom stereocenters. The molecule has 1 saturated carbocycles. The van der Waals surface area contributed by atoms with Crippen molar-refractivity contribution in [3.05, 3.63) is 29.8 Å². The summed E-state index contributed by atoms with van der Waals surface area (Å²) in [7, 11) is -3.85. The average molecular weight is 324 g/mol. The van der Waals surface area contributed by atoms with Crippen LogP contribution in [0.2, 0.25) is 0 Å². The van der Waals surface area contributed by atoms with Crippen LogP contribution in [-0.2, 0) is 10.0 Å². The van der Waals surface area contributed by atoms with E-state index in [1.165, 1.54) is 0 Å². The van der Waals surface area contributed by atoms with E-state index in [9.17, 15) is 17.2 Å². The molecule has 0 heterocycles. The van der Waals surface area contributed by atoms with Gasteiger partial charge in [0.2, 0.25) is 10.0 Å². The van der Waals surface area contributed by atoms with Crippen LogP contribution in [0, 0.1) is 17.0 Å². The predicted molar refractivity (Wildman–Crippen MR) is 73.2 cm³/mol. The highest BCUT2D eigenvalue weighted by molar-refractivity contribution is 7.89. The van der Waals surface area contributed by atoms with E-state index >= 15 is 0 Å². The Kier molecular flexibility index (Phi) is 4.66. The third-order valence-corrected chi connectivity index (χ3v) is 5.75. The molecule has 0 aliphatic heterocycles. The van der Waals surface area contributed by atoms with Crippen LogP contribution in [0.1, 0.15) is 25.7 Å². The van der Waals surface area contributed by atoms with Gasteiger partial charge < -0.3 is 0 Å². The maximum absolute atomic E-state index is 13.1. The Labute approximate surface area is 122 Å². The van der Waals surface area contributed by atoms with Crippen molar-refractivity contribution in [2.75, 3.05) is 12.4 Å². The topological polar surface area (TPSA) is 46.2 Å². The highest BCUT2D eigenvalue weighted by atomic mass is 35.5. The van der Waals surface area contributed by atoms with E-state index < -0.39 is 21.7 Å². The van der Waals surface area contributed by atoms with Crippen LogP contribution in [-0.4, -0.2) is 20.8 Å². The second kappa shape index (κ2) is 5.95. The number of nitrogens with one attached hydrogen (secondary N) is 1. The zero-order valence-corrected chi connectivity index (χ0v) is 12.4. The van der Waals surface area contributed by atoms with Crippen LogP contribution in [0.4, 0.5) is 8.78 Å². The van der Waals surface area contributed by atoms with Crippen molar-refractivity contribution < 1.29 is 17.2 Å². The van der Waals surface area contributed by atoms with Crippen LogP contribution in [0.5, 0.6) is 0 Å². The number of alkyl halides is 1. The molecule has 0 amide bonds. The maximum atomic E-state index is 13.1. The van der Waals surface area contributed by atoms with Gasteiger partial charge in [0.1, 0.15) is 0 Å². The van der Waals surface area contributed by atoms with Crippen molar-refractivity contribution >= 4 is 21.6 Å². The number of rotatable bonds is 5. The summed E-state index contributed by atoms with van der Waals surface area (Å²) in [4.78, 5) is -0.279. The first-order valence-electron chi connectivity index (χ1n) is 6.39. The number of halogens is 3. The Morgan fingerprint density at radius 1 is 1.20 bits per heavy atom. The minimum atomic E-state index is -3.85. The van der Waals surface area contributed by atoms with Crippen molar-refractivity contribution in [2.45, 2.75) is 30.6 Å². The van der Waals surface area contributed by atoms with Crippen LogP contribution < -0.4 is 4.72 Å².